The van der Waals surface area contributed by atoms with Gasteiger partial charge in [-0.15, -0.1) is 0 Å². The van der Waals surface area contributed by atoms with Gasteiger partial charge in [-0.05, 0) is 32.4 Å². The highest BCUT2D eigenvalue weighted by Gasteiger charge is 2.16. The Morgan fingerprint density at radius 3 is 2.82 bits per heavy atom. The van der Waals surface area contributed by atoms with Gasteiger partial charge in [-0.1, -0.05) is 6.92 Å². The molecule has 94 valence electrons. The summed E-state index contributed by atoms with van der Waals surface area (Å²) in [5.74, 6) is 0.000685. The molecule has 1 amide bonds. The first-order chi connectivity index (χ1) is 8.03. The lowest BCUT2D eigenvalue weighted by atomic mass is 10.0. The molecular formula is C12H20N4O. The molecule has 2 N–H and O–H groups in total. The van der Waals surface area contributed by atoms with Crippen LogP contribution in [-0.2, 0) is 11.3 Å². The van der Waals surface area contributed by atoms with Crippen molar-refractivity contribution in [2.75, 3.05) is 6.54 Å². The van der Waals surface area contributed by atoms with Crippen LogP contribution < -0.4 is 10.6 Å². The van der Waals surface area contributed by atoms with Crippen molar-refractivity contribution in [1.29, 1.82) is 0 Å². The molecule has 0 saturated heterocycles. The molecular weight excluding hydrogens is 216 g/mol. The van der Waals surface area contributed by atoms with E-state index < -0.39 is 0 Å². The molecule has 0 unspecified atom stereocenters. The first-order valence-corrected chi connectivity index (χ1v) is 5.82. The molecule has 0 fully saturated rings. The lowest BCUT2D eigenvalue weighted by molar-refractivity contribution is -0.121. The van der Waals surface area contributed by atoms with Crippen molar-refractivity contribution in [2.24, 2.45) is 0 Å². The molecule has 0 aliphatic heterocycles. The van der Waals surface area contributed by atoms with E-state index >= 15 is 0 Å². The third-order valence-electron chi connectivity index (χ3n) is 2.58. The fourth-order valence-corrected chi connectivity index (χ4v) is 1.24. The van der Waals surface area contributed by atoms with Crippen molar-refractivity contribution in [3.05, 3.63) is 24.0 Å². The number of hydrogen-bond donors (Lipinski definition) is 2. The van der Waals surface area contributed by atoms with Crippen LogP contribution in [0.4, 0.5) is 0 Å². The minimum absolute atomic E-state index is 0.000685. The van der Waals surface area contributed by atoms with Gasteiger partial charge in [0.2, 0.25) is 5.91 Å². The molecule has 0 spiro atoms. The molecule has 0 aliphatic rings. The number of aromatic nitrogens is 2. The number of carbonyl (C=O) groups excluding carboxylic acids is 1. The van der Waals surface area contributed by atoms with Gasteiger partial charge in [0.25, 0.3) is 0 Å². The third kappa shape index (κ3) is 5.40. The predicted octanol–water partition coefficient (Wildman–Crippen LogP) is 0.871. The van der Waals surface area contributed by atoms with E-state index in [0.717, 1.165) is 12.1 Å². The zero-order chi connectivity index (χ0) is 12.7. The summed E-state index contributed by atoms with van der Waals surface area (Å²) in [6, 6.07) is 3.69. The molecule has 1 heterocycles. The molecule has 0 radical (unpaired) electrons. The zero-order valence-electron chi connectivity index (χ0n) is 10.7. The maximum Gasteiger partial charge on any atom is 0.234 e. The molecule has 0 bridgehead atoms. The summed E-state index contributed by atoms with van der Waals surface area (Å²) in [7, 11) is 0. The quantitative estimate of drug-likeness (QED) is 0.769. The van der Waals surface area contributed by atoms with Gasteiger partial charge in [0.15, 0.2) is 0 Å². The highest BCUT2D eigenvalue weighted by atomic mass is 16.2. The van der Waals surface area contributed by atoms with Gasteiger partial charge >= 0.3 is 0 Å². The summed E-state index contributed by atoms with van der Waals surface area (Å²) < 4.78 is 0. The highest BCUT2D eigenvalue weighted by molar-refractivity contribution is 5.78. The summed E-state index contributed by atoms with van der Waals surface area (Å²) in [5.41, 5.74) is 0.681. The van der Waals surface area contributed by atoms with Gasteiger partial charge < -0.3 is 10.6 Å². The largest absolute Gasteiger partial charge is 0.350 e. The summed E-state index contributed by atoms with van der Waals surface area (Å²) in [4.78, 5) is 11.6. The Morgan fingerprint density at radius 1 is 1.47 bits per heavy atom. The number of nitrogens with zero attached hydrogens (tertiary/aromatic N) is 2. The van der Waals surface area contributed by atoms with E-state index in [1.807, 2.05) is 32.9 Å². The van der Waals surface area contributed by atoms with E-state index in [-0.39, 0.29) is 11.4 Å². The molecule has 1 aromatic rings. The monoisotopic (exact) mass is 236 g/mol. The summed E-state index contributed by atoms with van der Waals surface area (Å²) >= 11 is 0. The van der Waals surface area contributed by atoms with Crippen LogP contribution in [0, 0.1) is 0 Å². The minimum atomic E-state index is -0.148. The summed E-state index contributed by atoms with van der Waals surface area (Å²) in [6.07, 6.45) is 2.53. The molecule has 0 saturated carbocycles. The Hall–Kier alpha value is -1.49. The standard InChI is InChI=1S/C12H20N4O/c1-4-12(2,3)15-11(17)9-13-8-10-6-5-7-14-16-10/h5-7,13H,4,8-9H2,1-3H3,(H,15,17). The smallest absolute Gasteiger partial charge is 0.234 e. The highest BCUT2D eigenvalue weighted by Crippen LogP contribution is 2.05. The Morgan fingerprint density at radius 2 is 2.24 bits per heavy atom. The van der Waals surface area contributed by atoms with Crippen molar-refractivity contribution in [1.82, 2.24) is 20.8 Å². The van der Waals surface area contributed by atoms with Gasteiger partial charge in [-0.2, -0.15) is 10.2 Å². The Balaban J connectivity index is 2.25. The normalized spacial score (nSPS) is 11.2. The topological polar surface area (TPSA) is 66.9 Å². The van der Waals surface area contributed by atoms with Crippen molar-refractivity contribution < 1.29 is 4.79 Å². The second kappa shape index (κ2) is 6.30. The number of hydrogen-bond acceptors (Lipinski definition) is 4. The van der Waals surface area contributed by atoms with Crippen LogP contribution in [0.3, 0.4) is 0 Å². The Bertz CT molecular complexity index is 351. The first-order valence-electron chi connectivity index (χ1n) is 5.82. The Kier molecular flexibility index (Phi) is 5.03. The van der Waals surface area contributed by atoms with E-state index in [4.69, 9.17) is 0 Å². The molecule has 0 atom stereocenters. The average molecular weight is 236 g/mol. The van der Waals surface area contributed by atoms with Crippen molar-refractivity contribution >= 4 is 5.91 Å². The van der Waals surface area contributed by atoms with Gasteiger partial charge in [-0.3, -0.25) is 4.79 Å². The zero-order valence-corrected chi connectivity index (χ0v) is 10.7. The van der Waals surface area contributed by atoms with Crippen LogP contribution in [0.25, 0.3) is 0 Å². The van der Waals surface area contributed by atoms with E-state index in [1.165, 1.54) is 0 Å². The molecule has 0 aliphatic carbocycles. The summed E-state index contributed by atoms with van der Waals surface area (Å²) in [6.45, 7) is 6.90. The Labute approximate surface area is 102 Å². The van der Waals surface area contributed by atoms with Crippen molar-refractivity contribution in [3.8, 4) is 0 Å². The summed E-state index contributed by atoms with van der Waals surface area (Å²) in [5, 5.41) is 13.7. The second-order valence-corrected chi connectivity index (χ2v) is 4.60. The van der Waals surface area contributed by atoms with E-state index in [1.54, 1.807) is 6.20 Å². The van der Waals surface area contributed by atoms with E-state index in [9.17, 15) is 4.79 Å². The maximum atomic E-state index is 11.6. The van der Waals surface area contributed by atoms with Gasteiger partial charge in [-0.25, -0.2) is 0 Å². The minimum Gasteiger partial charge on any atom is -0.350 e. The fourth-order valence-electron chi connectivity index (χ4n) is 1.24. The molecule has 5 heteroatoms. The first kappa shape index (κ1) is 13.6. The number of amides is 1. The van der Waals surface area contributed by atoms with Crippen molar-refractivity contribution in [3.63, 3.8) is 0 Å². The van der Waals surface area contributed by atoms with Gasteiger partial charge in [0.1, 0.15) is 0 Å². The van der Waals surface area contributed by atoms with Crippen LogP contribution in [0.5, 0.6) is 0 Å². The third-order valence-corrected chi connectivity index (χ3v) is 2.58. The molecule has 1 aromatic heterocycles. The van der Waals surface area contributed by atoms with Crippen LogP contribution in [0.15, 0.2) is 18.3 Å². The fraction of sp³-hybridized carbons (Fsp3) is 0.583. The van der Waals surface area contributed by atoms with E-state index in [2.05, 4.69) is 20.8 Å². The van der Waals surface area contributed by atoms with Crippen LogP contribution >= 0.6 is 0 Å². The lowest BCUT2D eigenvalue weighted by Crippen LogP contribution is -2.46. The van der Waals surface area contributed by atoms with Crippen LogP contribution in [0.1, 0.15) is 32.9 Å². The van der Waals surface area contributed by atoms with Crippen molar-refractivity contribution in [2.45, 2.75) is 39.3 Å². The second-order valence-electron chi connectivity index (χ2n) is 4.60. The molecule has 17 heavy (non-hydrogen) atoms. The predicted molar refractivity (Wildman–Crippen MR) is 66.3 cm³/mol. The number of nitrogens with one attached hydrogen (secondary N) is 2. The molecule has 1 rings (SSSR count). The SMILES string of the molecule is CCC(C)(C)NC(=O)CNCc1cccnn1. The molecule has 5 nitrogen and oxygen atoms in total. The van der Waals surface area contributed by atoms with Crippen LogP contribution in [-0.4, -0.2) is 28.2 Å². The van der Waals surface area contributed by atoms with Gasteiger partial charge in [0.05, 0.1) is 12.2 Å². The lowest BCUT2D eigenvalue weighted by Gasteiger charge is -2.24. The van der Waals surface area contributed by atoms with Gasteiger partial charge in [0, 0.05) is 18.3 Å². The van der Waals surface area contributed by atoms with Crippen LogP contribution in [0.2, 0.25) is 0 Å². The average Bonchev–Trinajstić information content (AvgIpc) is 2.30. The maximum absolute atomic E-state index is 11.6. The number of rotatable bonds is 6. The molecule has 0 aromatic carbocycles. The number of carbonyl (C=O) groups is 1. The van der Waals surface area contributed by atoms with E-state index in [0.29, 0.717) is 13.1 Å².